The van der Waals surface area contributed by atoms with E-state index in [1.54, 1.807) is 0 Å². The molecule has 2 heterocycles. The number of hydrogen-bond donors (Lipinski definition) is 1. The summed E-state index contributed by atoms with van der Waals surface area (Å²) in [4.78, 5) is 59.7. The van der Waals surface area contributed by atoms with Crippen LogP contribution in [0, 0.1) is 0 Å². The molecular formula is C29H30O12S. The summed E-state index contributed by atoms with van der Waals surface area (Å²) in [6, 6.07) is 14.8. The average molecular weight is 603 g/mol. The fourth-order valence-corrected chi connectivity index (χ4v) is 6.22. The van der Waals surface area contributed by atoms with Gasteiger partial charge in [-0.2, -0.15) is 0 Å². The molecule has 2 aromatic carbocycles. The molecule has 2 aliphatic heterocycles. The molecule has 224 valence electrons. The van der Waals surface area contributed by atoms with Gasteiger partial charge in [0.25, 0.3) is 0 Å². The van der Waals surface area contributed by atoms with Gasteiger partial charge in [0.15, 0.2) is 18.3 Å². The summed E-state index contributed by atoms with van der Waals surface area (Å²) in [5.74, 6) is -2.93. The van der Waals surface area contributed by atoms with Crippen molar-refractivity contribution in [3.63, 3.8) is 0 Å². The molecule has 12 nitrogen and oxygen atoms in total. The van der Waals surface area contributed by atoms with E-state index >= 15 is 0 Å². The van der Waals surface area contributed by atoms with Gasteiger partial charge in [0.1, 0.15) is 29.6 Å². The Morgan fingerprint density at radius 3 is 1.83 bits per heavy atom. The molecule has 2 aromatic rings. The van der Waals surface area contributed by atoms with Gasteiger partial charge in [-0.15, -0.1) is 11.8 Å². The maximum atomic E-state index is 12.3. The van der Waals surface area contributed by atoms with Crippen LogP contribution >= 0.6 is 11.8 Å². The summed E-state index contributed by atoms with van der Waals surface area (Å²) >= 11 is 1.25. The molecule has 0 radical (unpaired) electrons. The van der Waals surface area contributed by atoms with Gasteiger partial charge in [0.2, 0.25) is 0 Å². The summed E-state index contributed by atoms with van der Waals surface area (Å²) in [5.41, 5.74) is 0.611. The van der Waals surface area contributed by atoms with Crippen LogP contribution in [0.3, 0.4) is 0 Å². The second-order valence-electron chi connectivity index (χ2n) is 9.54. The standard InChI is InChI=1S/C29H30O12S/c1-15(30)37-25-22(14-36-24(35)13-12-23(33)34)41-29(27(39-17(3)32)26(25)38-16(2)31)42-28-18-8-4-6-10-20(18)40-21-11-7-5-9-19(21)28/h4-11,22,25-29H,12-14H2,1-3H3,(H,33,34)/t22-,25-,26+,27+,29-/m1/s1. The SMILES string of the molecule is CC(=O)O[C@@H]1[C@H](OC(C)=O)[C@@H](SC2c3ccccc3Oc3ccccc32)O[C@H](COC(=O)CCC(=O)O)[C@H]1OC(C)=O. The third-order valence-corrected chi connectivity index (χ3v) is 7.77. The van der Waals surface area contributed by atoms with Gasteiger partial charge in [-0.3, -0.25) is 24.0 Å². The zero-order valence-electron chi connectivity index (χ0n) is 23.1. The van der Waals surface area contributed by atoms with E-state index in [-0.39, 0.29) is 0 Å². The second kappa shape index (κ2) is 13.7. The van der Waals surface area contributed by atoms with E-state index in [9.17, 15) is 24.0 Å². The summed E-state index contributed by atoms with van der Waals surface area (Å²) in [6.45, 7) is 3.01. The van der Waals surface area contributed by atoms with Crippen LogP contribution < -0.4 is 4.74 Å². The van der Waals surface area contributed by atoms with Crippen LogP contribution in [-0.4, -0.2) is 71.4 Å². The molecule has 0 bridgehead atoms. The lowest BCUT2D eigenvalue weighted by Gasteiger charge is -2.45. The smallest absolute Gasteiger partial charge is 0.306 e. The minimum atomic E-state index is -1.32. The van der Waals surface area contributed by atoms with Crippen molar-refractivity contribution in [1.82, 2.24) is 0 Å². The zero-order valence-corrected chi connectivity index (χ0v) is 23.9. The van der Waals surface area contributed by atoms with Crippen LogP contribution in [0.25, 0.3) is 0 Å². The number of fused-ring (bicyclic) bond motifs is 2. The molecule has 0 amide bonds. The zero-order chi connectivity index (χ0) is 30.4. The Morgan fingerprint density at radius 2 is 1.29 bits per heavy atom. The van der Waals surface area contributed by atoms with E-state index in [1.807, 2.05) is 48.5 Å². The normalized spacial score (nSPS) is 22.9. The number of carboxylic acid groups (broad SMARTS) is 1. The Labute approximate surface area is 245 Å². The van der Waals surface area contributed by atoms with Crippen LogP contribution in [0.2, 0.25) is 0 Å². The number of para-hydroxylation sites is 2. The van der Waals surface area contributed by atoms with Gasteiger partial charge >= 0.3 is 29.8 Å². The number of carbonyl (C=O) groups is 5. The molecule has 2 aliphatic rings. The lowest BCUT2D eigenvalue weighted by atomic mass is 9.99. The van der Waals surface area contributed by atoms with Crippen LogP contribution in [-0.2, 0) is 47.7 Å². The Bertz CT molecular complexity index is 1300. The number of benzene rings is 2. The minimum absolute atomic E-state index is 0.391. The molecule has 0 unspecified atom stereocenters. The number of carbonyl (C=O) groups excluding carboxylic acids is 4. The summed E-state index contributed by atoms with van der Waals surface area (Å²) in [7, 11) is 0. The largest absolute Gasteiger partial charge is 0.481 e. The van der Waals surface area contributed by atoms with E-state index in [2.05, 4.69) is 0 Å². The topological polar surface area (TPSA) is 161 Å². The highest BCUT2D eigenvalue weighted by Crippen LogP contribution is 2.52. The Hall–Kier alpha value is -4.10. The number of aliphatic carboxylic acids is 1. The lowest BCUT2D eigenvalue weighted by molar-refractivity contribution is -0.237. The predicted octanol–water partition coefficient (Wildman–Crippen LogP) is 3.54. The molecule has 42 heavy (non-hydrogen) atoms. The summed E-state index contributed by atoms with van der Waals surface area (Å²) in [6.07, 6.45) is -5.88. The van der Waals surface area contributed by atoms with Crippen LogP contribution in [0.1, 0.15) is 50.0 Å². The first-order valence-corrected chi connectivity index (χ1v) is 14.0. The molecular weight excluding hydrogens is 572 g/mol. The second-order valence-corrected chi connectivity index (χ2v) is 10.7. The maximum absolute atomic E-state index is 12.3. The van der Waals surface area contributed by atoms with E-state index in [0.29, 0.717) is 11.5 Å². The first-order chi connectivity index (χ1) is 20.0. The molecule has 0 aliphatic carbocycles. The molecule has 0 spiro atoms. The van der Waals surface area contributed by atoms with Gasteiger partial charge < -0.3 is 33.5 Å². The van der Waals surface area contributed by atoms with Crippen molar-refractivity contribution in [2.75, 3.05) is 6.61 Å². The monoisotopic (exact) mass is 602 g/mol. The molecule has 0 saturated carbocycles. The van der Waals surface area contributed by atoms with Crippen LogP contribution in [0.15, 0.2) is 48.5 Å². The highest BCUT2D eigenvalue weighted by atomic mass is 32.2. The number of rotatable bonds is 10. The van der Waals surface area contributed by atoms with Gasteiger partial charge in [-0.25, -0.2) is 0 Å². The van der Waals surface area contributed by atoms with Crippen molar-refractivity contribution in [3.05, 3.63) is 59.7 Å². The van der Waals surface area contributed by atoms with Crippen molar-refractivity contribution in [3.8, 4) is 11.5 Å². The van der Waals surface area contributed by atoms with Crippen molar-refractivity contribution in [2.24, 2.45) is 0 Å². The van der Waals surface area contributed by atoms with Crippen molar-refractivity contribution in [1.29, 1.82) is 0 Å². The molecule has 1 saturated heterocycles. The third kappa shape index (κ3) is 7.59. The van der Waals surface area contributed by atoms with Gasteiger partial charge in [-0.05, 0) is 12.1 Å². The Kier molecular flexibility index (Phi) is 10.1. The number of esters is 4. The highest BCUT2D eigenvalue weighted by molar-refractivity contribution is 8.00. The fraction of sp³-hybridized carbons (Fsp3) is 0.414. The first-order valence-electron chi connectivity index (χ1n) is 13.1. The van der Waals surface area contributed by atoms with E-state index < -0.39 is 84.4 Å². The summed E-state index contributed by atoms with van der Waals surface area (Å²) in [5, 5.41) is 8.49. The Balaban J connectivity index is 1.71. The number of thioether (sulfide) groups is 1. The molecule has 4 rings (SSSR count). The van der Waals surface area contributed by atoms with Crippen molar-refractivity contribution < 1.29 is 57.5 Å². The van der Waals surface area contributed by atoms with Crippen LogP contribution in [0.4, 0.5) is 0 Å². The fourth-order valence-electron chi connectivity index (χ4n) is 4.70. The summed E-state index contributed by atoms with van der Waals surface area (Å²) < 4.78 is 34.3. The van der Waals surface area contributed by atoms with E-state index in [0.717, 1.165) is 25.0 Å². The molecule has 1 N–H and O–H groups in total. The molecule has 5 atom stereocenters. The first kappa shape index (κ1) is 30.8. The Morgan fingerprint density at radius 1 is 0.762 bits per heavy atom. The highest BCUT2D eigenvalue weighted by Gasteiger charge is 2.53. The minimum Gasteiger partial charge on any atom is -0.481 e. The van der Waals surface area contributed by atoms with Crippen molar-refractivity contribution in [2.45, 2.75) is 68.7 Å². The number of ether oxygens (including phenoxy) is 6. The van der Waals surface area contributed by atoms with E-state index in [4.69, 9.17) is 33.5 Å². The van der Waals surface area contributed by atoms with E-state index in [1.165, 1.54) is 18.7 Å². The molecule has 1 fully saturated rings. The van der Waals surface area contributed by atoms with Gasteiger partial charge in [0.05, 0.1) is 18.1 Å². The van der Waals surface area contributed by atoms with Crippen LogP contribution in [0.5, 0.6) is 11.5 Å². The molecule has 0 aromatic heterocycles. The lowest BCUT2D eigenvalue weighted by Crippen LogP contribution is -2.61. The molecule has 13 heteroatoms. The third-order valence-electron chi connectivity index (χ3n) is 6.34. The maximum Gasteiger partial charge on any atom is 0.306 e. The number of carboxylic acids is 1. The van der Waals surface area contributed by atoms with Crippen molar-refractivity contribution >= 4 is 41.6 Å². The van der Waals surface area contributed by atoms with Gasteiger partial charge in [-0.1, -0.05) is 36.4 Å². The average Bonchev–Trinajstić information content (AvgIpc) is 2.93. The van der Waals surface area contributed by atoms with Gasteiger partial charge in [0, 0.05) is 31.9 Å². The number of hydrogen-bond acceptors (Lipinski definition) is 12. The quantitative estimate of drug-likeness (QED) is 0.311. The predicted molar refractivity (Wildman–Crippen MR) is 146 cm³/mol.